The summed E-state index contributed by atoms with van der Waals surface area (Å²) in [6.45, 7) is -0.118. The molecule has 1 aromatic rings. The molecule has 0 spiro atoms. The van der Waals surface area contributed by atoms with Gasteiger partial charge in [0, 0.05) is 6.54 Å². The van der Waals surface area contributed by atoms with Crippen LogP contribution >= 0.6 is 0 Å². The number of nitrogens with one attached hydrogen (secondary N) is 2. The second-order valence-electron chi connectivity index (χ2n) is 4.10. The van der Waals surface area contributed by atoms with Gasteiger partial charge in [0.25, 0.3) is 0 Å². The number of carbonyl (C=O) groups is 3. The number of amides is 2. The van der Waals surface area contributed by atoms with E-state index >= 15 is 0 Å². The van der Waals surface area contributed by atoms with Gasteiger partial charge < -0.3 is 21.5 Å². The number of aliphatic carboxylic acids is 1. The van der Waals surface area contributed by atoms with Gasteiger partial charge in [0.1, 0.15) is 0 Å². The van der Waals surface area contributed by atoms with Crippen molar-refractivity contribution in [1.29, 1.82) is 0 Å². The van der Waals surface area contributed by atoms with Gasteiger partial charge in [-0.15, -0.1) is 0 Å². The van der Waals surface area contributed by atoms with Gasteiger partial charge in [-0.1, -0.05) is 24.3 Å². The number of carbonyl (C=O) groups excluding carboxylic acids is 2. The smallest absolute Gasteiger partial charge is 0.307 e. The fourth-order valence-electron chi connectivity index (χ4n) is 1.57. The van der Waals surface area contributed by atoms with Gasteiger partial charge >= 0.3 is 5.97 Å². The van der Waals surface area contributed by atoms with Crippen molar-refractivity contribution < 1.29 is 19.5 Å². The van der Waals surface area contributed by atoms with Crippen molar-refractivity contribution >= 4 is 17.8 Å². The Labute approximate surface area is 116 Å². The molecule has 0 aliphatic heterocycles. The largest absolute Gasteiger partial charge is 0.481 e. The van der Waals surface area contributed by atoms with E-state index in [1.165, 1.54) is 0 Å². The van der Waals surface area contributed by atoms with E-state index in [0.717, 1.165) is 5.56 Å². The summed E-state index contributed by atoms with van der Waals surface area (Å²) in [6, 6.07) is 6.96. The van der Waals surface area contributed by atoms with Gasteiger partial charge in [-0.25, -0.2) is 0 Å². The summed E-state index contributed by atoms with van der Waals surface area (Å²) in [5.74, 6) is -1.71. The molecule has 0 bridgehead atoms. The van der Waals surface area contributed by atoms with Crippen molar-refractivity contribution in [1.82, 2.24) is 10.6 Å². The number of rotatable bonds is 7. The highest BCUT2D eigenvalue weighted by Crippen LogP contribution is 2.09. The molecule has 0 fully saturated rings. The minimum atomic E-state index is -0.931. The summed E-state index contributed by atoms with van der Waals surface area (Å²) >= 11 is 0. The quantitative estimate of drug-likeness (QED) is 0.510. The average molecular weight is 279 g/mol. The fraction of sp³-hybridized carbons (Fsp3) is 0.308. The third kappa shape index (κ3) is 5.49. The van der Waals surface area contributed by atoms with Gasteiger partial charge in [-0.3, -0.25) is 14.4 Å². The van der Waals surface area contributed by atoms with Crippen LogP contribution in [0, 0.1) is 0 Å². The molecule has 108 valence electrons. The third-order valence-corrected chi connectivity index (χ3v) is 2.57. The molecular weight excluding hydrogens is 262 g/mol. The van der Waals surface area contributed by atoms with Gasteiger partial charge in [0.15, 0.2) is 0 Å². The van der Waals surface area contributed by atoms with E-state index in [1.54, 1.807) is 24.3 Å². The minimum absolute atomic E-state index is 0.101. The molecule has 20 heavy (non-hydrogen) atoms. The van der Waals surface area contributed by atoms with Crippen molar-refractivity contribution in [3.8, 4) is 0 Å². The van der Waals surface area contributed by atoms with Crippen LogP contribution in [-0.4, -0.2) is 36.0 Å². The second-order valence-corrected chi connectivity index (χ2v) is 4.10. The Hall–Kier alpha value is -2.41. The van der Waals surface area contributed by atoms with Crippen LogP contribution in [0.3, 0.4) is 0 Å². The number of carboxylic acids is 1. The lowest BCUT2D eigenvalue weighted by molar-refractivity contribution is -0.136. The third-order valence-electron chi connectivity index (χ3n) is 2.57. The van der Waals surface area contributed by atoms with E-state index in [1.807, 2.05) is 0 Å². The maximum atomic E-state index is 11.5. The zero-order chi connectivity index (χ0) is 15.0. The second kappa shape index (κ2) is 7.90. The molecular formula is C13H17N3O4. The lowest BCUT2D eigenvalue weighted by Crippen LogP contribution is -2.39. The van der Waals surface area contributed by atoms with Crippen molar-refractivity contribution in [2.45, 2.75) is 13.0 Å². The standard InChI is InChI=1S/C13H17N3O4/c14-6-11(17)16-8-12(18)15-7-10-4-2-1-3-9(10)5-13(19)20/h1-4H,5-8,14H2,(H,15,18)(H,16,17)(H,19,20). The summed E-state index contributed by atoms with van der Waals surface area (Å²) in [4.78, 5) is 33.1. The predicted octanol–water partition coefficient (Wildman–Crippen LogP) is -0.995. The molecule has 1 aromatic carbocycles. The molecule has 0 saturated heterocycles. The molecule has 5 N–H and O–H groups in total. The summed E-state index contributed by atoms with van der Waals surface area (Å²) in [7, 11) is 0. The maximum Gasteiger partial charge on any atom is 0.307 e. The first-order valence-electron chi connectivity index (χ1n) is 6.05. The van der Waals surface area contributed by atoms with Crippen LogP contribution in [-0.2, 0) is 27.3 Å². The Morgan fingerprint density at radius 1 is 1.05 bits per heavy atom. The van der Waals surface area contributed by atoms with Crippen LogP contribution < -0.4 is 16.4 Å². The number of nitrogens with two attached hydrogens (primary N) is 1. The van der Waals surface area contributed by atoms with E-state index in [0.29, 0.717) is 5.56 Å². The monoisotopic (exact) mass is 279 g/mol. The molecule has 1 rings (SSSR count). The van der Waals surface area contributed by atoms with E-state index in [2.05, 4.69) is 10.6 Å². The molecule has 0 aliphatic carbocycles. The normalized spacial score (nSPS) is 9.85. The van der Waals surface area contributed by atoms with Crippen LogP contribution in [0.5, 0.6) is 0 Å². The molecule has 0 aliphatic rings. The summed E-state index contributed by atoms with van der Waals surface area (Å²) in [5.41, 5.74) is 6.46. The summed E-state index contributed by atoms with van der Waals surface area (Å²) in [6.07, 6.45) is -0.101. The molecule has 0 aromatic heterocycles. The minimum Gasteiger partial charge on any atom is -0.481 e. The van der Waals surface area contributed by atoms with Crippen molar-refractivity contribution in [2.24, 2.45) is 5.73 Å². The number of benzene rings is 1. The molecule has 0 heterocycles. The van der Waals surface area contributed by atoms with Crippen LogP contribution in [0.1, 0.15) is 11.1 Å². The number of hydrogen-bond donors (Lipinski definition) is 4. The first-order valence-corrected chi connectivity index (χ1v) is 6.05. The summed E-state index contributed by atoms with van der Waals surface area (Å²) in [5, 5.41) is 13.7. The zero-order valence-corrected chi connectivity index (χ0v) is 10.9. The van der Waals surface area contributed by atoms with E-state index in [-0.39, 0.29) is 32.0 Å². The first-order chi connectivity index (χ1) is 9.52. The average Bonchev–Trinajstić information content (AvgIpc) is 2.43. The molecule has 7 nitrogen and oxygen atoms in total. The molecule has 2 amide bonds. The van der Waals surface area contributed by atoms with Crippen LogP contribution in [0.25, 0.3) is 0 Å². The number of hydrogen-bond acceptors (Lipinski definition) is 4. The Morgan fingerprint density at radius 2 is 1.70 bits per heavy atom. The van der Waals surface area contributed by atoms with E-state index < -0.39 is 11.9 Å². The van der Waals surface area contributed by atoms with Gasteiger partial charge in [0.2, 0.25) is 11.8 Å². The highest BCUT2D eigenvalue weighted by atomic mass is 16.4. The van der Waals surface area contributed by atoms with Gasteiger partial charge in [0.05, 0.1) is 19.5 Å². The first kappa shape index (κ1) is 15.6. The fourth-order valence-corrected chi connectivity index (χ4v) is 1.57. The van der Waals surface area contributed by atoms with Gasteiger partial charge in [-0.05, 0) is 11.1 Å². The Bertz CT molecular complexity index is 502. The van der Waals surface area contributed by atoms with Crippen molar-refractivity contribution in [3.05, 3.63) is 35.4 Å². The van der Waals surface area contributed by atoms with Crippen LogP contribution in [0.4, 0.5) is 0 Å². The topological polar surface area (TPSA) is 122 Å². The Morgan fingerprint density at radius 3 is 2.30 bits per heavy atom. The van der Waals surface area contributed by atoms with E-state index in [9.17, 15) is 14.4 Å². The highest BCUT2D eigenvalue weighted by molar-refractivity contribution is 5.85. The predicted molar refractivity (Wildman–Crippen MR) is 71.7 cm³/mol. The number of carboxylic acid groups (broad SMARTS) is 1. The maximum absolute atomic E-state index is 11.5. The van der Waals surface area contributed by atoms with E-state index in [4.69, 9.17) is 10.8 Å². The zero-order valence-electron chi connectivity index (χ0n) is 10.9. The van der Waals surface area contributed by atoms with Gasteiger partial charge in [-0.2, -0.15) is 0 Å². The molecule has 0 unspecified atom stereocenters. The lowest BCUT2D eigenvalue weighted by Gasteiger charge is -2.09. The van der Waals surface area contributed by atoms with Crippen molar-refractivity contribution in [3.63, 3.8) is 0 Å². The lowest BCUT2D eigenvalue weighted by atomic mass is 10.0. The molecule has 0 saturated carbocycles. The highest BCUT2D eigenvalue weighted by Gasteiger charge is 2.08. The van der Waals surface area contributed by atoms with Crippen molar-refractivity contribution in [2.75, 3.05) is 13.1 Å². The summed E-state index contributed by atoms with van der Waals surface area (Å²) < 4.78 is 0. The Kier molecular flexibility index (Phi) is 6.18. The van der Waals surface area contributed by atoms with Crippen LogP contribution in [0.2, 0.25) is 0 Å². The molecule has 7 heteroatoms. The molecule has 0 atom stereocenters. The molecule has 0 radical (unpaired) electrons. The van der Waals surface area contributed by atoms with Crippen LogP contribution in [0.15, 0.2) is 24.3 Å². The Balaban J connectivity index is 2.50. The SMILES string of the molecule is NCC(=O)NCC(=O)NCc1ccccc1CC(=O)O.